The van der Waals surface area contributed by atoms with E-state index < -0.39 is 5.82 Å². The fourth-order valence-corrected chi connectivity index (χ4v) is 2.21. The van der Waals surface area contributed by atoms with Crippen molar-refractivity contribution in [1.82, 2.24) is 15.0 Å². The van der Waals surface area contributed by atoms with Gasteiger partial charge in [-0.1, -0.05) is 30.3 Å². The van der Waals surface area contributed by atoms with Crippen LogP contribution in [-0.4, -0.2) is 15.0 Å². The monoisotopic (exact) mass is 319 g/mol. The van der Waals surface area contributed by atoms with E-state index in [-0.39, 0.29) is 0 Å². The first-order valence-corrected chi connectivity index (χ1v) is 7.43. The van der Waals surface area contributed by atoms with Crippen LogP contribution in [0.2, 0.25) is 0 Å². The first-order valence-electron chi connectivity index (χ1n) is 7.43. The molecular formula is C18H14FN5. The minimum absolute atomic E-state index is 0.297. The van der Waals surface area contributed by atoms with Gasteiger partial charge in [0.1, 0.15) is 11.8 Å². The molecular weight excluding hydrogens is 305 g/mol. The van der Waals surface area contributed by atoms with Crippen molar-refractivity contribution in [1.29, 1.82) is 5.26 Å². The Bertz CT molecular complexity index is 857. The third-order valence-corrected chi connectivity index (χ3v) is 3.44. The third-order valence-electron chi connectivity index (χ3n) is 3.44. The number of aromatic nitrogens is 3. The van der Waals surface area contributed by atoms with Gasteiger partial charge in [0.15, 0.2) is 5.82 Å². The highest BCUT2D eigenvalue weighted by Crippen LogP contribution is 2.15. The van der Waals surface area contributed by atoms with Crippen molar-refractivity contribution in [3.05, 3.63) is 77.6 Å². The minimum Gasteiger partial charge on any atom is -0.323 e. The van der Waals surface area contributed by atoms with Crippen LogP contribution in [0.25, 0.3) is 0 Å². The molecule has 6 heteroatoms. The molecule has 2 aromatic heterocycles. The van der Waals surface area contributed by atoms with Crippen molar-refractivity contribution in [3.63, 3.8) is 0 Å². The van der Waals surface area contributed by atoms with E-state index in [1.165, 1.54) is 6.20 Å². The van der Waals surface area contributed by atoms with Gasteiger partial charge < -0.3 is 5.32 Å². The number of nitriles is 1. The molecule has 2 heterocycles. The van der Waals surface area contributed by atoms with Crippen molar-refractivity contribution in [2.75, 3.05) is 5.32 Å². The second-order valence-corrected chi connectivity index (χ2v) is 5.14. The first kappa shape index (κ1) is 15.6. The highest BCUT2D eigenvalue weighted by molar-refractivity contribution is 5.52. The van der Waals surface area contributed by atoms with Crippen molar-refractivity contribution in [3.8, 4) is 6.07 Å². The lowest BCUT2D eigenvalue weighted by Crippen LogP contribution is -2.04. The summed E-state index contributed by atoms with van der Waals surface area (Å²) in [6.45, 7) is 0. The Morgan fingerprint density at radius 3 is 2.54 bits per heavy atom. The number of halogens is 1. The van der Waals surface area contributed by atoms with Crippen molar-refractivity contribution in [2.24, 2.45) is 0 Å². The van der Waals surface area contributed by atoms with Crippen LogP contribution in [0.4, 0.5) is 16.0 Å². The molecule has 0 spiro atoms. The number of hydrogen-bond acceptors (Lipinski definition) is 5. The zero-order valence-electron chi connectivity index (χ0n) is 12.8. The highest BCUT2D eigenvalue weighted by Gasteiger charge is 2.08. The highest BCUT2D eigenvalue weighted by atomic mass is 19.1. The second-order valence-electron chi connectivity index (χ2n) is 5.14. The molecule has 0 fully saturated rings. The van der Waals surface area contributed by atoms with E-state index in [1.54, 1.807) is 12.1 Å². The largest absolute Gasteiger partial charge is 0.323 e. The summed E-state index contributed by atoms with van der Waals surface area (Å²) in [4.78, 5) is 12.1. The molecule has 0 amide bonds. The lowest BCUT2D eigenvalue weighted by atomic mass is 10.1. The van der Waals surface area contributed by atoms with Gasteiger partial charge >= 0.3 is 0 Å². The van der Waals surface area contributed by atoms with Gasteiger partial charge in [0.25, 0.3) is 0 Å². The van der Waals surface area contributed by atoms with Crippen LogP contribution in [0.1, 0.15) is 17.0 Å². The van der Waals surface area contributed by atoms with Gasteiger partial charge in [-0.3, -0.25) is 0 Å². The standard InChI is InChI=1S/C18H14FN5/c19-16-12-22-18(23-15-8-7-14(10-20)21-11-15)24-17(16)9-6-13-4-2-1-3-5-13/h1-5,7-8,11-12H,6,9H2,(H,22,23,24). The summed E-state index contributed by atoms with van der Waals surface area (Å²) in [5.74, 6) is -0.125. The Hall–Kier alpha value is -3.33. The zero-order valence-corrected chi connectivity index (χ0v) is 12.8. The molecule has 0 aliphatic carbocycles. The topological polar surface area (TPSA) is 74.5 Å². The van der Waals surface area contributed by atoms with Crippen LogP contribution < -0.4 is 5.32 Å². The summed E-state index contributed by atoms with van der Waals surface area (Å²) in [6, 6.07) is 15.1. The van der Waals surface area contributed by atoms with E-state index in [2.05, 4.69) is 20.3 Å². The van der Waals surface area contributed by atoms with Gasteiger partial charge in [0.2, 0.25) is 5.95 Å². The number of pyridine rings is 1. The summed E-state index contributed by atoms with van der Waals surface area (Å²) in [7, 11) is 0. The normalized spacial score (nSPS) is 10.2. The summed E-state index contributed by atoms with van der Waals surface area (Å²) < 4.78 is 13.9. The molecule has 0 bridgehead atoms. The zero-order chi connectivity index (χ0) is 16.8. The van der Waals surface area contributed by atoms with Crippen LogP contribution in [0.3, 0.4) is 0 Å². The molecule has 5 nitrogen and oxygen atoms in total. The molecule has 3 rings (SSSR count). The molecule has 0 saturated carbocycles. The van der Waals surface area contributed by atoms with Gasteiger partial charge in [-0.05, 0) is 30.5 Å². The molecule has 0 radical (unpaired) electrons. The molecule has 0 unspecified atom stereocenters. The number of benzene rings is 1. The third kappa shape index (κ3) is 3.90. The van der Waals surface area contributed by atoms with Gasteiger partial charge in [0.05, 0.1) is 23.8 Å². The van der Waals surface area contributed by atoms with Crippen LogP contribution in [0.15, 0.2) is 54.9 Å². The molecule has 0 atom stereocenters. The van der Waals surface area contributed by atoms with Gasteiger partial charge in [-0.15, -0.1) is 0 Å². The lowest BCUT2D eigenvalue weighted by molar-refractivity contribution is 0.590. The maximum Gasteiger partial charge on any atom is 0.227 e. The van der Waals surface area contributed by atoms with E-state index in [0.29, 0.717) is 35.9 Å². The SMILES string of the molecule is N#Cc1ccc(Nc2ncc(F)c(CCc3ccccc3)n2)cn1. The number of aryl methyl sites for hydroxylation is 2. The van der Waals surface area contributed by atoms with Gasteiger partial charge in [-0.2, -0.15) is 5.26 Å². The average Bonchev–Trinajstić information content (AvgIpc) is 2.63. The van der Waals surface area contributed by atoms with Gasteiger partial charge in [-0.25, -0.2) is 19.3 Å². The second kappa shape index (κ2) is 7.29. The predicted octanol–water partition coefficient (Wildman–Crippen LogP) is 3.41. The van der Waals surface area contributed by atoms with Crippen LogP contribution in [0.5, 0.6) is 0 Å². The lowest BCUT2D eigenvalue weighted by Gasteiger charge is -2.07. The number of anilines is 2. The van der Waals surface area contributed by atoms with E-state index in [9.17, 15) is 4.39 Å². The predicted molar refractivity (Wildman–Crippen MR) is 88.1 cm³/mol. The van der Waals surface area contributed by atoms with E-state index >= 15 is 0 Å². The Morgan fingerprint density at radius 1 is 1.00 bits per heavy atom. The molecule has 0 saturated heterocycles. The Labute approximate surface area is 138 Å². The van der Waals surface area contributed by atoms with Crippen molar-refractivity contribution in [2.45, 2.75) is 12.8 Å². The van der Waals surface area contributed by atoms with E-state index in [4.69, 9.17) is 5.26 Å². The van der Waals surface area contributed by atoms with Crippen LogP contribution in [-0.2, 0) is 12.8 Å². The quantitative estimate of drug-likeness (QED) is 0.780. The molecule has 1 aromatic carbocycles. The Kier molecular flexibility index (Phi) is 4.73. The van der Waals surface area contributed by atoms with Crippen molar-refractivity contribution >= 4 is 11.6 Å². The summed E-state index contributed by atoms with van der Waals surface area (Å²) >= 11 is 0. The summed E-state index contributed by atoms with van der Waals surface area (Å²) in [6.07, 6.45) is 3.85. The summed E-state index contributed by atoms with van der Waals surface area (Å²) in [5.41, 5.74) is 2.44. The number of rotatable bonds is 5. The van der Waals surface area contributed by atoms with E-state index in [0.717, 1.165) is 11.8 Å². The summed E-state index contributed by atoms with van der Waals surface area (Å²) in [5, 5.41) is 11.7. The molecule has 3 aromatic rings. The van der Waals surface area contributed by atoms with Crippen LogP contribution in [0, 0.1) is 17.1 Å². The maximum atomic E-state index is 13.9. The minimum atomic E-state index is -0.422. The molecule has 0 aliphatic rings. The fourth-order valence-electron chi connectivity index (χ4n) is 2.21. The Morgan fingerprint density at radius 2 is 1.83 bits per heavy atom. The van der Waals surface area contributed by atoms with Crippen molar-refractivity contribution < 1.29 is 4.39 Å². The average molecular weight is 319 g/mol. The Balaban J connectivity index is 1.72. The number of nitrogens with one attached hydrogen (secondary N) is 1. The molecule has 1 N–H and O–H groups in total. The van der Waals surface area contributed by atoms with E-state index in [1.807, 2.05) is 36.4 Å². The first-order chi connectivity index (χ1) is 11.7. The molecule has 0 aliphatic heterocycles. The van der Waals surface area contributed by atoms with Crippen LogP contribution >= 0.6 is 0 Å². The maximum absolute atomic E-state index is 13.9. The molecule has 118 valence electrons. The molecule has 24 heavy (non-hydrogen) atoms. The fraction of sp³-hybridized carbons (Fsp3) is 0.111. The number of nitrogens with zero attached hydrogens (tertiary/aromatic N) is 4. The smallest absolute Gasteiger partial charge is 0.227 e. The van der Waals surface area contributed by atoms with Gasteiger partial charge in [0, 0.05) is 0 Å². The number of hydrogen-bond donors (Lipinski definition) is 1.